The van der Waals surface area contributed by atoms with Crippen LogP contribution in [0.15, 0.2) is 23.8 Å². The molecule has 1 heteroatoms. The molecule has 0 aromatic heterocycles. The molecule has 0 heterocycles. The topological polar surface area (TPSA) is 17.1 Å². The minimum Gasteiger partial charge on any atom is -0.295 e. The van der Waals surface area contributed by atoms with E-state index in [-0.39, 0.29) is 11.2 Å². The molecule has 0 saturated carbocycles. The minimum absolute atomic E-state index is 0.0404. The number of ketones is 1. The van der Waals surface area contributed by atoms with Gasteiger partial charge in [0.25, 0.3) is 0 Å². The van der Waals surface area contributed by atoms with Gasteiger partial charge in [-0.2, -0.15) is 0 Å². The molecule has 0 aromatic rings. The monoisotopic (exact) mass is 166 g/mol. The van der Waals surface area contributed by atoms with Crippen molar-refractivity contribution in [3.63, 3.8) is 0 Å². The lowest BCUT2D eigenvalue weighted by Crippen LogP contribution is -2.07. The molecule has 0 spiro atoms. The number of carbonyl (C=O) groups is 1. The van der Waals surface area contributed by atoms with E-state index < -0.39 is 0 Å². The Morgan fingerprint density at radius 3 is 1.92 bits per heavy atom. The zero-order valence-electron chi connectivity index (χ0n) is 8.69. The van der Waals surface area contributed by atoms with Crippen molar-refractivity contribution in [2.45, 2.75) is 34.6 Å². The van der Waals surface area contributed by atoms with Crippen LogP contribution in [0.5, 0.6) is 0 Å². The van der Waals surface area contributed by atoms with Crippen molar-refractivity contribution >= 4 is 5.78 Å². The Morgan fingerprint density at radius 1 is 1.25 bits per heavy atom. The van der Waals surface area contributed by atoms with Crippen LogP contribution in [-0.4, -0.2) is 5.78 Å². The minimum atomic E-state index is 0.0404. The first-order chi connectivity index (χ1) is 5.25. The average Bonchev–Trinajstić information content (AvgIpc) is 1.85. The van der Waals surface area contributed by atoms with Crippen LogP contribution in [0.3, 0.4) is 0 Å². The Hall–Kier alpha value is -0.850. The van der Waals surface area contributed by atoms with Crippen LogP contribution in [0.2, 0.25) is 0 Å². The molecule has 0 unspecified atom stereocenters. The third-order valence-corrected chi connectivity index (χ3v) is 2.03. The van der Waals surface area contributed by atoms with Crippen LogP contribution in [0.4, 0.5) is 0 Å². The molecule has 0 amide bonds. The summed E-state index contributed by atoms with van der Waals surface area (Å²) in [7, 11) is 0. The Balaban J connectivity index is 4.59. The van der Waals surface area contributed by atoms with Crippen molar-refractivity contribution in [1.82, 2.24) is 0 Å². The van der Waals surface area contributed by atoms with Crippen molar-refractivity contribution in [3.8, 4) is 0 Å². The van der Waals surface area contributed by atoms with E-state index in [0.717, 1.165) is 0 Å². The van der Waals surface area contributed by atoms with Gasteiger partial charge in [0.05, 0.1) is 0 Å². The third-order valence-electron chi connectivity index (χ3n) is 2.03. The first-order valence-electron chi connectivity index (χ1n) is 4.14. The molecular formula is C11H18O. The third kappa shape index (κ3) is 3.51. The quantitative estimate of drug-likeness (QED) is 0.455. The second-order valence-electron chi connectivity index (χ2n) is 4.16. The Labute approximate surface area is 75.2 Å². The molecule has 0 atom stereocenters. The fourth-order valence-corrected chi connectivity index (χ4v) is 0.579. The Morgan fingerprint density at radius 2 is 1.67 bits per heavy atom. The van der Waals surface area contributed by atoms with Gasteiger partial charge in [-0.25, -0.2) is 0 Å². The van der Waals surface area contributed by atoms with E-state index in [4.69, 9.17) is 0 Å². The smallest absolute Gasteiger partial charge is 0.159 e. The summed E-state index contributed by atoms with van der Waals surface area (Å²) in [5.41, 5.74) is 1.89. The number of rotatable bonds is 2. The van der Waals surface area contributed by atoms with Crippen LogP contribution < -0.4 is 0 Å². The summed E-state index contributed by atoms with van der Waals surface area (Å²) in [6, 6.07) is 0. The molecule has 68 valence electrons. The highest BCUT2D eigenvalue weighted by Crippen LogP contribution is 2.25. The van der Waals surface area contributed by atoms with Crippen LogP contribution in [0.1, 0.15) is 34.6 Å². The average molecular weight is 166 g/mol. The van der Waals surface area contributed by atoms with Gasteiger partial charge < -0.3 is 0 Å². The lowest BCUT2D eigenvalue weighted by Gasteiger charge is -2.19. The molecule has 0 aromatic carbocycles. The molecule has 1 nitrogen and oxygen atoms in total. The normalized spacial score (nSPS) is 12.9. The number of hydrogen-bond acceptors (Lipinski definition) is 1. The number of allylic oxidation sites excluding steroid dienone is 3. The SMILES string of the molecule is C=C(/C=C(\C)C(C)(C)C)C(C)=O. The first-order valence-corrected chi connectivity index (χ1v) is 4.14. The van der Waals surface area contributed by atoms with E-state index in [2.05, 4.69) is 27.4 Å². The predicted octanol–water partition coefficient (Wildman–Crippen LogP) is 3.12. The maximum absolute atomic E-state index is 10.9. The predicted molar refractivity (Wildman–Crippen MR) is 53.0 cm³/mol. The zero-order chi connectivity index (χ0) is 9.94. The van der Waals surface area contributed by atoms with E-state index in [9.17, 15) is 4.79 Å². The largest absolute Gasteiger partial charge is 0.295 e. The van der Waals surface area contributed by atoms with Crippen molar-refractivity contribution in [3.05, 3.63) is 23.8 Å². The summed E-state index contributed by atoms with van der Waals surface area (Å²) >= 11 is 0. The van der Waals surface area contributed by atoms with Crippen molar-refractivity contribution in [2.75, 3.05) is 0 Å². The highest BCUT2D eigenvalue weighted by Gasteiger charge is 2.12. The number of carbonyl (C=O) groups excluding carboxylic acids is 1. The van der Waals surface area contributed by atoms with Crippen LogP contribution in [0.25, 0.3) is 0 Å². The molecule has 0 aliphatic rings. The van der Waals surface area contributed by atoms with E-state index in [1.54, 1.807) is 0 Å². The van der Waals surface area contributed by atoms with Gasteiger partial charge in [-0.1, -0.05) is 39.0 Å². The van der Waals surface area contributed by atoms with E-state index in [1.807, 2.05) is 13.0 Å². The second-order valence-corrected chi connectivity index (χ2v) is 4.16. The summed E-state index contributed by atoms with van der Waals surface area (Å²) in [6.45, 7) is 13.6. The van der Waals surface area contributed by atoms with Gasteiger partial charge in [-0.05, 0) is 19.3 Å². The Bertz CT molecular complexity index is 226. The van der Waals surface area contributed by atoms with Crippen LogP contribution >= 0.6 is 0 Å². The lowest BCUT2D eigenvalue weighted by atomic mass is 9.86. The van der Waals surface area contributed by atoms with Gasteiger partial charge in [0, 0.05) is 5.57 Å². The van der Waals surface area contributed by atoms with E-state index in [1.165, 1.54) is 12.5 Å². The van der Waals surface area contributed by atoms with Crippen molar-refractivity contribution in [2.24, 2.45) is 5.41 Å². The van der Waals surface area contributed by atoms with Gasteiger partial charge in [0.2, 0.25) is 0 Å². The van der Waals surface area contributed by atoms with Crippen molar-refractivity contribution in [1.29, 1.82) is 0 Å². The van der Waals surface area contributed by atoms with Crippen LogP contribution in [-0.2, 0) is 4.79 Å². The summed E-state index contributed by atoms with van der Waals surface area (Å²) < 4.78 is 0. The molecule has 0 N–H and O–H groups in total. The van der Waals surface area contributed by atoms with Gasteiger partial charge in [0.1, 0.15) is 0 Å². The van der Waals surface area contributed by atoms with Gasteiger partial charge in [-0.15, -0.1) is 0 Å². The highest BCUT2D eigenvalue weighted by atomic mass is 16.1. The molecule has 0 bridgehead atoms. The first kappa shape index (κ1) is 11.2. The molecular weight excluding hydrogens is 148 g/mol. The molecule has 0 aliphatic heterocycles. The molecule has 0 saturated heterocycles. The maximum atomic E-state index is 10.9. The molecule has 0 aliphatic carbocycles. The molecule has 0 fully saturated rings. The van der Waals surface area contributed by atoms with Gasteiger partial charge in [-0.3, -0.25) is 4.79 Å². The fraction of sp³-hybridized carbons (Fsp3) is 0.545. The summed E-state index contributed by atoms with van der Waals surface area (Å²) in [6.07, 6.45) is 1.86. The van der Waals surface area contributed by atoms with Crippen molar-refractivity contribution < 1.29 is 4.79 Å². The molecule has 0 radical (unpaired) electrons. The highest BCUT2D eigenvalue weighted by molar-refractivity contribution is 5.95. The second kappa shape index (κ2) is 3.70. The summed E-state index contributed by atoms with van der Waals surface area (Å²) in [4.78, 5) is 10.9. The van der Waals surface area contributed by atoms with Crippen LogP contribution in [0, 0.1) is 5.41 Å². The summed E-state index contributed by atoms with van der Waals surface area (Å²) in [5, 5.41) is 0. The van der Waals surface area contributed by atoms with Gasteiger partial charge >= 0.3 is 0 Å². The lowest BCUT2D eigenvalue weighted by molar-refractivity contribution is -0.113. The fourth-order valence-electron chi connectivity index (χ4n) is 0.579. The zero-order valence-corrected chi connectivity index (χ0v) is 8.69. The number of Topliss-reactive ketones (excluding diaryl/α,β-unsaturated/α-hetero) is 1. The van der Waals surface area contributed by atoms with E-state index in [0.29, 0.717) is 5.57 Å². The number of hydrogen-bond donors (Lipinski definition) is 0. The Kier molecular flexibility index (Phi) is 3.44. The van der Waals surface area contributed by atoms with E-state index >= 15 is 0 Å². The molecule has 12 heavy (non-hydrogen) atoms. The standard InChI is InChI=1S/C11H18O/c1-8(10(3)12)7-9(2)11(4,5)6/h7H,1H2,2-6H3/b9-7+. The summed E-state index contributed by atoms with van der Waals surface area (Å²) in [5.74, 6) is 0.0404. The van der Waals surface area contributed by atoms with Gasteiger partial charge in [0.15, 0.2) is 5.78 Å². The maximum Gasteiger partial charge on any atom is 0.159 e. The molecule has 0 rings (SSSR count).